The van der Waals surface area contributed by atoms with Gasteiger partial charge in [-0.05, 0) is 23.8 Å². The summed E-state index contributed by atoms with van der Waals surface area (Å²) in [4.78, 5) is 29.3. The van der Waals surface area contributed by atoms with Gasteiger partial charge in [0.2, 0.25) is 0 Å². The van der Waals surface area contributed by atoms with Crippen molar-refractivity contribution in [3.8, 4) is 0 Å². The molecule has 0 aliphatic carbocycles. The number of benzene rings is 3. The van der Waals surface area contributed by atoms with E-state index < -0.39 is 16.6 Å². The quantitative estimate of drug-likeness (QED) is 0.633. The molecule has 1 saturated heterocycles. The number of anilines is 1. The van der Waals surface area contributed by atoms with Crippen molar-refractivity contribution in [3.05, 3.63) is 101 Å². The average molecular weight is 418 g/mol. The van der Waals surface area contributed by atoms with Gasteiger partial charge in [0, 0.05) is 17.9 Å². The Morgan fingerprint density at radius 1 is 0.967 bits per heavy atom. The van der Waals surface area contributed by atoms with Crippen molar-refractivity contribution >= 4 is 29.3 Å². The summed E-state index contributed by atoms with van der Waals surface area (Å²) in [7, 11) is 0. The second kappa shape index (κ2) is 7.29. The molecule has 0 N–H and O–H groups in total. The van der Waals surface area contributed by atoms with E-state index in [4.69, 9.17) is 0 Å². The molecule has 0 radical (unpaired) electrons. The van der Waals surface area contributed by atoms with Gasteiger partial charge in [-0.25, -0.2) is 4.39 Å². The van der Waals surface area contributed by atoms with Crippen molar-refractivity contribution in [1.29, 1.82) is 0 Å². The zero-order chi connectivity index (χ0) is 20.7. The Hall–Kier alpha value is -3.12. The SMILES string of the molecule is O=C(c1ccccc1F)N1CCSC12C(=O)N(Cc1ccccc1)c1ccccc12. The third-order valence-corrected chi connectivity index (χ3v) is 7.05. The standard InChI is InChI=1S/C24H19FN2O2S/c25-20-12-6-4-10-18(20)22(28)27-14-15-30-24(27)19-11-5-7-13-21(19)26(23(24)29)16-17-8-2-1-3-9-17/h1-13H,14-16H2. The first-order valence-electron chi connectivity index (χ1n) is 9.79. The predicted molar refractivity (Wildman–Crippen MR) is 116 cm³/mol. The second-order valence-electron chi connectivity index (χ2n) is 7.32. The summed E-state index contributed by atoms with van der Waals surface area (Å²) in [5, 5.41) is 0. The summed E-state index contributed by atoms with van der Waals surface area (Å²) in [5.41, 5.74) is 2.59. The van der Waals surface area contributed by atoms with Crippen molar-refractivity contribution in [2.45, 2.75) is 11.4 Å². The summed E-state index contributed by atoms with van der Waals surface area (Å²) >= 11 is 1.45. The Labute approximate surface area is 178 Å². The number of rotatable bonds is 3. The third kappa shape index (κ3) is 2.75. The average Bonchev–Trinajstić information content (AvgIpc) is 3.32. The topological polar surface area (TPSA) is 40.6 Å². The maximum atomic E-state index is 14.4. The lowest BCUT2D eigenvalue weighted by Crippen LogP contribution is -2.50. The molecule has 3 aromatic rings. The monoisotopic (exact) mass is 418 g/mol. The number of hydrogen-bond acceptors (Lipinski definition) is 3. The Balaban J connectivity index is 1.59. The highest BCUT2D eigenvalue weighted by Crippen LogP contribution is 2.54. The summed E-state index contributed by atoms with van der Waals surface area (Å²) < 4.78 is 14.4. The molecule has 6 heteroatoms. The minimum absolute atomic E-state index is 0.00818. The van der Waals surface area contributed by atoms with Crippen molar-refractivity contribution in [2.24, 2.45) is 0 Å². The highest BCUT2D eigenvalue weighted by molar-refractivity contribution is 8.01. The van der Waals surface area contributed by atoms with Gasteiger partial charge in [-0.1, -0.05) is 60.7 Å². The Kier molecular flexibility index (Phi) is 4.59. The van der Waals surface area contributed by atoms with Crippen LogP contribution in [0.1, 0.15) is 21.5 Å². The van der Waals surface area contributed by atoms with Crippen LogP contribution in [0, 0.1) is 5.82 Å². The van der Waals surface area contributed by atoms with Crippen LogP contribution >= 0.6 is 11.8 Å². The molecule has 1 fully saturated rings. The molecule has 2 aliphatic heterocycles. The second-order valence-corrected chi connectivity index (χ2v) is 8.61. The maximum Gasteiger partial charge on any atom is 0.268 e. The minimum atomic E-state index is -1.16. The largest absolute Gasteiger partial charge is 0.311 e. The van der Waals surface area contributed by atoms with Gasteiger partial charge in [0.1, 0.15) is 5.82 Å². The fourth-order valence-electron chi connectivity index (χ4n) is 4.27. The Morgan fingerprint density at radius 2 is 1.67 bits per heavy atom. The Morgan fingerprint density at radius 3 is 2.47 bits per heavy atom. The van der Waals surface area contributed by atoms with Crippen molar-refractivity contribution in [3.63, 3.8) is 0 Å². The molecule has 150 valence electrons. The van der Waals surface area contributed by atoms with Crippen molar-refractivity contribution < 1.29 is 14.0 Å². The van der Waals surface area contributed by atoms with Crippen LogP contribution in [0.25, 0.3) is 0 Å². The predicted octanol–water partition coefficient (Wildman–Crippen LogP) is 4.41. The molecule has 1 atom stereocenters. The van der Waals surface area contributed by atoms with Crippen LogP contribution in [0.4, 0.5) is 10.1 Å². The van der Waals surface area contributed by atoms with Gasteiger partial charge in [0.15, 0.2) is 4.87 Å². The van der Waals surface area contributed by atoms with Crippen LogP contribution in [-0.2, 0) is 16.2 Å². The normalized spacial score (nSPS) is 20.1. The summed E-state index contributed by atoms with van der Waals surface area (Å²) in [5.74, 6) is -0.573. The number of carbonyl (C=O) groups is 2. The summed E-state index contributed by atoms with van der Waals surface area (Å²) in [6, 6.07) is 23.3. The first kappa shape index (κ1) is 18.9. The van der Waals surface area contributed by atoms with Gasteiger partial charge in [-0.3, -0.25) is 9.59 Å². The molecule has 4 nitrogen and oxygen atoms in total. The molecule has 0 aromatic heterocycles. The molecule has 0 bridgehead atoms. The van der Waals surface area contributed by atoms with Crippen LogP contribution in [-0.4, -0.2) is 29.0 Å². The molecular formula is C24H19FN2O2S. The maximum absolute atomic E-state index is 14.4. The number of para-hydroxylation sites is 1. The number of hydrogen-bond donors (Lipinski definition) is 0. The summed E-state index contributed by atoms with van der Waals surface area (Å²) in [6.07, 6.45) is 0. The van der Waals surface area contributed by atoms with Gasteiger partial charge in [-0.15, -0.1) is 11.8 Å². The highest BCUT2D eigenvalue weighted by Gasteiger charge is 2.59. The number of amides is 2. The lowest BCUT2D eigenvalue weighted by Gasteiger charge is -2.33. The molecule has 2 aliphatic rings. The van der Waals surface area contributed by atoms with Crippen LogP contribution in [0.3, 0.4) is 0 Å². The number of thioether (sulfide) groups is 1. The van der Waals surface area contributed by atoms with E-state index in [0.29, 0.717) is 18.8 Å². The van der Waals surface area contributed by atoms with Crippen LogP contribution in [0.5, 0.6) is 0 Å². The molecule has 0 saturated carbocycles. The lowest BCUT2D eigenvalue weighted by molar-refractivity contribution is -0.123. The van der Waals surface area contributed by atoms with E-state index in [9.17, 15) is 14.0 Å². The molecule has 2 amide bonds. The highest BCUT2D eigenvalue weighted by atomic mass is 32.2. The van der Waals surface area contributed by atoms with Crippen LogP contribution < -0.4 is 4.90 Å². The van der Waals surface area contributed by atoms with Crippen molar-refractivity contribution in [1.82, 2.24) is 4.90 Å². The molecule has 1 unspecified atom stereocenters. The van der Waals surface area contributed by atoms with Crippen molar-refractivity contribution in [2.75, 3.05) is 17.2 Å². The molecule has 30 heavy (non-hydrogen) atoms. The molecule has 5 rings (SSSR count). The van der Waals surface area contributed by atoms with E-state index in [1.54, 1.807) is 21.9 Å². The first-order chi connectivity index (χ1) is 14.6. The van der Waals surface area contributed by atoms with Crippen LogP contribution in [0.15, 0.2) is 78.9 Å². The van der Waals surface area contributed by atoms with E-state index in [-0.39, 0.29) is 11.5 Å². The zero-order valence-electron chi connectivity index (χ0n) is 16.1. The molecule has 2 heterocycles. The van der Waals surface area contributed by atoms with E-state index in [1.807, 2.05) is 54.6 Å². The smallest absolute Gasteiger partial charge is 0.268 e. The molecular weight excluding hydrogens is 399 g/mol. The fourth-order valence-corrected chi connectivity index (χ4v) is 5.73. The van der Waals surface area contributed by atoms with Gasteiger partial charge in [0.25, 0.3) is 11.8 Å². The van der Waals surface area contributed by atoms with E-state index >= 15 is 0 Å². The fraction of sp³-hybridized carbons (Fsp3) is 0.167. The number of halogens is 1. The number of fused-ring (bicyclic) bond motifs is 2. The molecule has 3 aromatic carbocycles. The molecule has 1 spiro atoms. The van der Waals surface area contributed by atoms with Gasteiger partial charge >= 0.3 is 0 Å². The van der Waals surface area contributed by atoms with E-state index in [1.165, 1.54) is 23.9 Å². The first-order valence-corrected chi connectivity index (χ1v) is 10.8. The third-order valence-electron chi connectivity index (χ3n) is 5.63. The number of carbonyl (C=O) groups excluding carboxylic acids is 2. The minimum Gasteiger partial charge on any atom is -0.311 e. The van der Waals surface area contributed by atoms with Gasteiger partial charge in [-0.2, -0.15) is 0 Å². The van der Waals surface area contributed by atoms with E-state index in [2.05, 4.69) is 0 Å². The number of nitrogens with zero attached hydrogens (tertiary/aromatic N) is 2. The van der Waals surface area contributed by atoms with Gasteiger partial charge in [0.05, 0.1) is 17.8 Å². The van der Waals surface area contributed by atoms with Crippen LogP contribution in [0.2, 0.25) is 0 Å². The van der Waals surface area contributed by atoms with Gasteiger partial charge < -0.3 is 9.80 Å². The Bertz CT molecular complexity index is 1140. The zero-order valence-corrected chi connectivity index (χ0v) is 16.9. The van der Waals surface area contributed by atoms with E-state index in [0.717, 1.165) is 16.8 Å². The lowest BCUT2D eigenvalue weighted by atomic mass is 10.0. The summed E-state index contributed by atoms with van der Waals surface area (Å²) in [6.45, 7) is 0.803.